The second-order valence-corrected chi connectivity index (χ2v) is 4.92. The number of carbonyl (C=O) groups excluding carboxylic acids is 2. The van der Waals surface area contributed by atoms with E-state index in [2.05, 4.69) is 20.6 Å². The highest BCUT2D eigenvalue weighted by molar-refractivity contribution is 5.93. The van der Waals surface area contributed by atoms with Gasteiger partial charge in [-0.25, -0.2) is 14.8 Å². The number of carbonyl (C=O) groups is 2. The zero-order chi connectivity index (χ0) is 16.8. The van der Waals surface area contributed by atoms with Crippen molar-refractivity contribution in [3.05, 3.63) is 36.7 Å². The number of rotatable bonds is 5. The predicted octanol–water partition coefficient (Wildman–Crippen LogP) is 2.25. The molecule has 120 valence electrons. The van der Waals surface area contributed by atoms with Crippen LogP contribution < -0.4 is 15.4 Å². The third kappa shape index (κ3) is 4.26. The number of urea groups is 1. The number of amides is 2. The number of aromatic nitrogens is 2. The molecule has 0 bridgehead atoms. The lowest BCUT2D eigenvalue weighted by Crippen LogP contribution is -2.40. The Morgan fingerprint density at radius 2 is 1.96 bits per heavy atom. The summed E-state index contributed by atoms with van der Waals surface area (Å²) in [5.74, 6) is 0.874. The van der Waals surface area contributed by atoms with E-state index in [0.29, 0.717) is 17.3 Å². The van der Waals surface area contributed by atoms with Gasteiger partial charge >= 0.3 is 6.03 Å². The van der Waals surface area contributed by atoms with Gasteiger partial charge in [-0.2, -0.15) is 0 Å². The lowest BCUT2D eigenvalue weighted by atomic mass is 10.1. The Balaban J connectivity index is 2.17. The quantitative estimate of drug-likeness (QED) is 0.883. The van der Waals surface area contributed by atoms with Gasteiger partial charge in [0, 0.05) is 11.6 Å². The number of nitrogens with zero attached hydrogens (tertiary/aromatic N) is 2. The molecule has 0 aliphatic carbocycles. The summed E-state index contributed by atoms with van der Waals surface area (Å²) >= 11 is 0. The number of ketones is 1. The maximum atomic E-state index is 11.8. The number of hydrogen-bond donors (Lipinski definition) is 2. The van der Waals surface area contributed by atoms with Gasteiger partial charge in [0.25, 0.3) is 0 Å². The summed E-state index contributed by atoms with van der Waals surface area (Å²) in [4.78, 5) is 31.2. The molecular formula is C16H18N4O3. The van der Waals surface area contributed by atoms with Crippen LogP contribution in [0.15, 0.2) is 36.7 Å². The number of para-hydroxylation sites is 1. The minimum absolute atomic E-state index is 0.127. The molecule has 2 N–H and O–H groups in total. The molecule has 7 heteroatoms. The van der Waals surface area contributed by atoms with E-state index in [4.69, 9.17) is 4.74 Å². The molecule has 0 saturated carbocycles. The van der Waals surface area contributed by atoms with Crippen molar-refractivity contribution in [2.45, 2.75) is 19.9 Å². The second kappa shape index (κ2) is 7.35. The van der Waals surface area contributed by atoms with E-state index >= 15 is 0 Å². The monoisotopic (exact) mass is 314 g/mol. The zero-order valence-corrected chi connectivity index (χ0v) is 13.2. The summed E-state index contributed by atoms with van der Waals surface area (Å²) in [7, 11) is 1.58. The molecule has 2 amide bonds. The zero-order valence-electron chi connectivity index (χ0n) is 13.2. The van der Waals surface area contributed by atoms with Gasteiger partial charge in [0.15, 0.2) is 5.78 Å². The molecule has 0 aliphatic rings. The third-order valence-electron chi connectivity index (χ3n) is 3.25. The average Bonchev–Trinajstić information content (AvgIpc) is 2.54. The number of anilines is 1. The lowest BCUT2D eigenvalue weighted by molar-refractivity contribution is -0.118. The smallest absolute Gasteiger partial charge is 0.320 e. The first kappa shape index (κ1) is 16.4. The summed E-state index contributed by atoms with van der Waals surface area (Å²) in [6, 6.07) is 7.99. The van der Waals surface area contributed by atoms with Crippen LogP contribution in [0.25, 0.3) is 11.3 Å². The van der Waals surface area contributed by atoms with Gasteiger partial charge in [0.2, 0.25) is 0 Å². The van der Waals surface area contributed by atoms with Crippen molar-refractivity contribution in [3.8, 4) is 17.0 Å². The Morgan fingerprint density at radius 1 is 1.22 bits per heavy atom. The van der Waals surface area contributed by atoms with E-state index in [1.54, 1.807) is 20.1 Å². The fourth-order valence-electron chi connectivity index (χ4n) is 1.88. The minimum atomic E-state index is -0.564. The number of Topliss-reactive ketones (excluding diaryl/α,β-unsaturated/α-hetero) is 1. The summed E-state index contributed by atoms with van der Waals surface area (Å²) in [6.45, 7) is 3.03. The number of benzene rings is 1. The second-order valence-electron chi connectivity index (χ2n) is 4.92. The van der Waals surface area contributed by atoms with Crippen LogP contribution in [0.1, 0.15) is 13.8 Å². The van der Waals surface area contributed by atoms with Crippen LogP contribution in [-0.4, -0.2) is 34.9 Å². The summed E-state index contributed by atoms with van der Waals surface area (Å²) in [6.07, 6.45) is 1.35. The standard InChI is InChI=1S/C16H18N4O3/c1-10(11(2)21)19-16(22)20-15-8-13(17-9-18-15)12-6-4-5-7-14(12)23-3/h4-10H,1-3H3,(H2,17,18,19,20,22). The molecule has 1 atom stereocenters. The van der Waals surface area contributed by atoms with E-state index in [1.807, 2.05) is 24.3 Å². The Bertz CT molecular complexity index is 718. The highest BCUT2D eigenvalue weighted by Gasteiger charge is 2.13. The molecule has 23 heavy (non-hydrogen) atoms. The van der Waals surface area contributed by atoms with Crippen LogP contribution in [0.4, 0.5) is 10.6 Å². The molecule has 1 aromatic heterocycles. The van der Waals surface area contributed by atoms with E-state index in [9.17, 15) is 9.59 Å². The van der Waals surface area contributed by atoms with Crippen LogP contribution in [0.2, 0.25) is 0 Å². The van der Waals surface area contributed by atoms with Crippen LogP contribution in [-0.2, 0) is 4.79 Å². The van der Waals surface area contributed by atoms with Crippen LogP contribution >= 0.6 is 0 Å². The van der Waals surface area contributed by atoms with Crippen molar-refractivity contribution >= 4 is 17.6 Å². The van der Waals surface area contributed by atoms with E-state index in [0.717, 1.165) is 5.56 Å². The Morgan fingerprint density at radius 3 is 2.65 bits per heavy atom. The highest BCUT2D eigenvalue weighted by Crippen LogP contribution is 2.28. The van der Waals surface area contributed by atoms with Crippen LogP contribution in [0, 0.1) is 0 Å². The average molecular weight is 314 g/mol. The molecule has 0 spiro atoms. The van der Waals surface area contributed by atoms with Gasteiger partial charge in [0.1, 0.15) is 17.9 Å². The number of methoxy groups -OCH3 is 1. The van der Waals surface area contributed by atoms with Crippen LogP contribution in [0.3, 0.4) is 0 Å². The fraction of sp³-hybridized carbons (Fsp3) is 0.250. The van der Waals surface area contributed by atoms with Crippen molar-refractivity contribution in [1.82, 2.24) is 15.3 Å². The molecule has 1 unspecified atom stereocenters. The Labute approximate surface area is 134 Å². The molecule has 0 fully saturated rings. The molecule has 2 rings (SSSR count). The summed E-state index contributed by atoms with van der Waals surface area (Å²) < 4.78 is 5.30. The highest BCUT2D eigenvalue weighted by atomic mass is 16.5. The van der Waals surface area contributed by atoms with Gasteiger partial charge < -0.3 is 10.1 Å². The number of hydrogen-bond acceptors (Lipinski definition) is 5. The topological polar surface area (TPSA) is 93.2 Å². The molecule has 0 saturated heterocycles. The number of ether oxygens (including phenoxy) is 1. The van der Waals surface area contributed by atoms with E-state index < -0.39 is 12.1 Å². The lowest BCUT2D eigenvalue weighted by Gasteiger charge is -2.12. The van der Waals surface area contributed by atoms with Crippen molar-refractivity contribution in [2.24, 2.45) is 0 Å². The number of nitrogens with one attached hydrogen (secondary N) is 2. The van der Waals surface area contributed by atoms with Gasteiger partial charge in [-0.15, -0.1) is 0 Å². The molecule has 7 nitrogen and oxygen atoms in total. The van der Waals surface area contributed by atoms with E-state index in [-0.39, 0.29) is 5.78 Å². The SMILES string of the molecule is COc1ccccc1-c1cc(NC(=O)NC(C)C(C)=O)ncn1. The fourth-order valence-corrected chi connectivity index (χ4v) is 1.88. The maximum Gasteiger partial charge on any atom is 0.320 e. The predicted molar refractivity (Wildman–Crippen MR) is 86.3 cm³/mol. The molecule has 2 aromatic rings. The summed E-state index contributed by atoms with van der Waals surface area (Å²) in [5, 5.41) is 5.11. The van der Waals surface area contributed by atoms with Crippen molar-refractivity contribution < 1.29 is 14.3 Å². The molecule has 1 aromatic carbocycles. The van der Waals surface area contributed by atoms with Gasteiger partial charge in [0.05, 0.1) is 18.8 Å². The minimum Gasteiger partial charge on any atom is -0.496 e. The molecule has 0 radical (unpaired) electrons. The van der Waals surface area contributed by atoms with E-state index in [1.165, 1.54) is 13.3 Å². The van der Waals surface area contributed by atoms with Crippen molar-refractivity contribution in [3.63, 3.8) is 0 Å². The van der Waals surface area contributed by atoms with Crippen molar-refractivity contribution in [2.75, 3.05) is 12.4 Å². The van der Waals surface area contributed by atoms with Gasteiger partial charge in [-0.1, -0.05) is 12.1 Å². The third-order valence-corrected chi connectivity index (χ3v) is 3.25. The molecular weight excluding hydrogens is 296 g/mol. The molecule has 1 heterocycles. The summed E-state index contributed by atoms with van der Waals surface area (Å²) in [5.41, 5.74) is 1.41. The largest absolute Gasteiger partial charge is 0.496 e. The maximum absolute atomic E-state index is 11.8. The first-order valence-electron chi connectivity index (χ1n) is 7.04. The van der Waals surface area contributed by atoms with Crippen LogP contribution in [0.5, 0.6) is 5.75 Å². The van der Waals surface area contributed by atoms with Gasteiger partial charge in [-0.05, 0) is 26.0 Å². The Kier molecular flexibility index (Phi) is 5.24. The normalized spacial score (nSPS) is 11.4. The Hall–Kier alpha value is -2.96. The molecule has 0 aliphatic heterocycles. The van der Waals surface area contributed by atoms with Crippen molar-refractivity contribution in [1.29, 1.82) is 0 Å². The first-order valence-corrected chi connectivity index (χ1v) is 7.04. The van der Waals surface area contributed by atoms with Gasteiger partial charge in [-0.3, -0.25) is 10.1 Å². The first-order chi connectivity index (χ1) is 11.0.